The van der Waals surface area contributed by atoms with Crippen molar-refractivity contribution >= 4 is 21.7 Å². The summed E-state index contributed by atoms with van der Waals surface area (Å²) in [6.07, 6.45) is 2.47. The Morgan fingerprint density at radius 1 is 1.29 bits per heavy atom. The third-order valence-corrected chi connectivity index (χ3v) is 3.98. The number of hydrogen-bond donors (Lipinski definition) is 0. The van der Waals surface area contributed by atoms with Crippen molar-refractivity contribution in [1.82, 2.24) is 9.97 Å². The third kappa shape index (κ3) is 2.97. The van der Waals surface area contributed by atoms with E-state index in [1.54, 1.807) is 0 Å². The topological polar surface area (TPSA) is 29.0 Å². The molecule has 1 atom stereocenters. The number of hydrogen-bond acceptors (Lipinski definition) is 3. The van der Waals surface area contributed by atoms with Crippen molar-refractivity contribution in [3.05, 3.63) is 16.5 Å². The van der Waals surface area contributed by atoms with Gasteiger partial charge in [0.15, 0.2) is 0 Å². The molecular weight excluding hydrogens is 278 g/mol. The maximum Gasteiger partial charge on any atom is 0.135 e. The fourth-order valence-corrected chi connectivity index (χ4v) is 2.17. The van der Waals surface area contributed by atoms with E-state index in [2.05, 4.69) is 58.6 Å². The Hall–Kier alpha value is -0.640. The van der Waals surface area contributed by atoms with Crippen LogP contribution in [0.4, 0.5) is 5.82 Å². The fraction of sp³-hybridized carbons (Fsp3) is 0.692. The van der Waals surface area contributed by atoms with Crippen molar-refractivity contribution in [2.24, 2.45) is 5.92 Å². The lowest BCUT2D eigenvalue weighted by Gasteiger charge is -2.29. The highest BCUT2D eigenvalue weighted by Gasteiger charge is 2.28. The molecule has 0 amide bonds. The highest BCUT2D eigenvalue weighted by molar-refractivity contribution is 9.10. The molecule has 1 aromatic rings. The number of rotatable bonds is 4. The van der Waals surface area contributed by atoms with Crippen molar-refractivity contribution in [3.8, 4) is 0 Å². The minimum Gasteiger partial charge on any atom is -0.357 e. The van der Waals surface area contributed by atoms with E-state index < -0.39 is 0 Å². The van der Waals surface area contributed by atoms with Crippen LogP contribution in [-0.4, -0.2) is 23.1 Å². The summed E-state index contributed by atoms with van der Waals surface area (Å²) in [7, 11) is 2.11. The van der Waals surface area contributed by atoms with Crippen LogP contribution in [0.1, 0.15) is 45.4 Å². The van der Waals surface area contributed by atoms with E-state index in [4.69, 9.17) is 0 Å². The molecule has 4 heteroatoms. The average molecular weight is 298 g/mol. The van der Waals surface area contributed by atoms with Crippen molar-refractivity contribution < 1.29 is 0 Å². The first-order chi connectivity index (χ1) is 7.99. The smallest absolute Gasteiger partial charge is 0.135 e. The summed E-state index contributed by atoms with van der Waals surface area (Å²) in [6.45, 7) is 6.70. The van der Waals surface area contributed by atoms with Gasteiger partial charge in [0.25, 0.3) is 0 Å². The van der Waals surface area contributed by atoms with Gasteiger partial charge >= 0.3 is 0 Å². The maximum absolute atomic E-state index is 4.68. The molecule has 1 unspecified atom stereocenters. The summed E-state index contributed by atoms with van der Waals surface area (Å²) in [6, 6.07) is 2.48. The number of nitrogens with zero attached hydrogens (tertiary/aromatic N) is 3. The lowest BCUT2D eigenvalue weighted by Crippen LogP contribution is -2.34. The summed E-state index contributed by atoms with van der Waals surface area (Å²) >= 11 is 3.49. The second kappa shape index (κ2) is 4.92. The van der Waals surface area contributed by atoms with Gasteiger partial charge in [-0.2, -0.15) is 0 Å². The molecule has 0 aromatic carbocycles. The van der Waals surface area contributed by atoms with Gasteiger partial charge in [0, 0.05) is 25.1 Å². The molecule has 0 radical (unpaired) electrons. The molecule has 1 fully saturated rings. The molecule has 3 nitrogen and oxygen atoms in total. The van der Waals surface area contributed by atoms with Gasteiger partial charge in [0.05, 0.1) is 0 Å². The molecule has 1 aromatic heterocycles. The number of anilines is 1. The van der Waals surface area contributed by atoms with Crippen LogP contribution >= 0.6 is 15.9 Å². The highest BCUT2D eigenvalue weighted by atomic mass is 79.9. The quantitative estimate of drug-likeness (QED) is 0.795. The van der Waals surface area contributed by atoms with Gasteiger partial charge in [0.2, 0.25) is 0 Å². The fourth-order valence-electron chi connectivity index (χ4n) is 1.78. The van der Waals surface area contributed by atoms with Crippen molar-refractivity contribution in [3.63, 3.8) is 0 Å². The second-order valence-electron chi connectivity index (χ2n) is 5.28. The largest absolute Gasteiger partial charge is 0.357 e. The summed E-state index contributed by atoms with van der Waals surface area (Å²) in [5.74, 6) is 3.22. The Balaban J connectivity index is 2.24. The predicted molar refractivity (Wildman–Crippen MR) is 74.4 cm³/mol. The van der Waals surface area contributed by atoms with E-state index in [0.717, 1.165) is 16.2 Å². The minimum absolute atomic E-state index is 0.476. The molecule has 94 valence electrons. The lowest BCUT2D eigenvalue weighted by molar-refractivity contribution is 0.502. The first kappa shape index (κ1) is 12.8. The monoisotopic (exact) mass is 297 g/mol. The molecule has 1 aliphatic rings. The minimum atomic E-state index is 0.476. The van der Waals surface area contributed by atoms with Gasteiger partial charge in [-0.25, -0.2) is 9.97 Å². The molecule has 1 heterocycles. The zero-order chi connectivity index (χ0) is 12.6. The molecule has 0 bridgehead atoms. The van der Waals surface area contributed by atoms with Crippen LogP contribution < -0.4 is 4.90 Å². The van der Waals surface area contributed by atoms with Gasteiger partial charge in [-0.05, 0) is 41.6 Å². The molecule has 0 N–H and O–H groups in total. The van der Waals surface area contributed by atoms with Crippen LogP contribution in [0.2, 0.25) is 0 Å². The first-order valence-corrected chi connectivity index (χ1v) is 7.05. The van der Waals surface area contributed by atoms with Gasteiger partial charge in [0.1, 0.15) is 16.2 Å². The van der Waals surface area contributed by atoms with Crippen LogP contribution in [0.5, 0.6) is 0 Å². The van der Waals surface area contributed by atoms with E-state index in [9.17, 15) is 0 Å². The Kier molecular flexibility index (Phi) is 3.71. The zero-order valence-electron chi connectivity index (χ0n) is 10.9. The van der Waals surface area contributed by atoms with Crippen LogP contribution in [0.15, 0.2) is 10.7 Å². The Morgan fingerprint density at radius 2 is 1.94 bits per heavy atom. The highest BCUT2D eigenvalue weighted by Crippen LogP contribution is 2.39. The Morgan fingerprint density at radius 3 is 2.47 bits per heavy atom. The van der Waals surface area contributed by atoms with Crippen molar-refractivity contribution in [2.75, 3.05) is 11.9 Å². The van der Waals surface area contributed by atoms with E-state index in [0.29, 0.717) is 17.9 Å². The van der Waals surface area contributed by atoms with E-state index in [1.165, 1.54) is 12.8 Å². The molecule has 0 saturated heterocycles. The van der Waals surface area contributed by atoms with E-state index >= 15 is 0 Å². The summed E-state index contributed by atoms with van der Waals surface area (Å²) in [4.78, 5) is 11.4. The van der Waals surface area contributed by atoms with Gasteiger partial charge in [-0.1, -0.05) is 13.8 Å². The molecule has 1 aliphatic carbocycles. The molecule has 17 heavy (non-hydrogen) atoms. The first-order valence-electron chi connectivity index (χ1n) is 6.26. The molecule has 0 aliphatic heterocycles. The third-order valence-electron chi connectivity index (χ3n) is 3.58. The van der Waals surface area contributed by atoms with Gasteiger partial charge in [-0.3, -0.25) is 0 Å². The van der Waals surface area contributed by atoms with Crippen LogP contribution in [0.3, 0.4) is 0 Å². The lowest BCUT2D eigenvalue weighted by atomic mass is 10.1. The summed E-state index contributed by atoms with van der Waals surface area (Å²) < 4.78 is 0.896. The average Bonchev–Trinajstić information content (AvgIpc) is 3.09. The molecular formula is C13H20BrN3. The van der Waals surface area contributed by atoms with Crippen LogP contribution in [-0.2, 0) is 0 Å². The second-order valence-corrected chi connectivity index (χ2v) is 6.09. The number of aromatic nitrogens is 2. The zero-order valence-corrected chi connectivity index (χ0v) is 12.5. The van der Waals surface area contributed by atoms with Gasteiger partial charge < -0.3 is 4.90 Å². The standard InChI is InChI=1S/C13H20BrN3/c1-8(2)9(3)17(4)12-7-11(14)15-13(16-12)10-5-6-10/h7-10H,5-6H2,1-4H3. The predicted octanol–water partition coefficient (Wildman–Crippen LogP) is 3.60. The summed E-state index contributed by atoms with van der Waals surface area (Å²) in [5, 5.41) is 0. The Labute approximate surface area is 112 Å². The van der Waals surface area contributed by atoms with Crippen LogP contribution in [0.25, 0.3) is 0 Å². The molecule has 2 rings (SSSR count). The number of halogens is 1. The van der Waals surface area contributed by atoms with Crippen molar-refractivity contribution in [2.45, 2.75) is 45.6 Å². The maximum atomic E-state index is 4.68. The van der Waals surface area contributed by atoms with Crippen LogP contribution in [0, 0.1) is 5.92 Å². The SMILES string of the molecule is CC(C)C(C)N(C)c1cc(Br)nc(C2CC2)n1. The molecule has 0 spiro atoms. The van der Waals surface area contributed by atoms with Crippen molar-refractivity contribution in [1.29, 1.82) is 0 Å². The summed E-state index contributed by atoms with van der Waals surface area (Å²) in [5.41, 5.74) is 0. The van der Waals surface area contributed by atoms with E-state index in [-0.39, 0.29) is 0 Å². The normalized spacial score (nSPS) is 17.3. The van der Waals surface area contributed by atoms with E-state index in [1.807, 2.05) is 6.07 Å². The van der Waals surface area contributed by atoms with Gasteiger partial charge in [-0.15, -0.1) is 0 Å². The molecule has 1 saturated carbocycles. The Bertz CT molecular complexity index is 402.